The minimum Gasteiger partial charge on any atom is -0.375 e. The van der Waals surface area contributed by atoms with Crippen LogP contribution in [0, 0.1) is 0 Å². The van der Waals surface area contributed by atoms with E-state index in [1.165, 1.54) is 0 Å². The van der Waals surface area contributed by atoms with Gasteiger partial charge in [0.25, 0.3) is 0 Å². The summed E-state index contributed by atoms with van der Waals surface area (Å²) in [7, 11) is 1.94. The van der Waals surface area contributed by atoms with Crippen molar-refractivity contribution < 1.29 is 9.13 Å². The van der Waals surface area contributed by atoms with Crippen LogP contribution in [0.3, 0.4) is 0 Å². The first-order chi connectivity index (χ1) is 5.24. The summed E-state index contributed by atoms with van der Waals surface area (Å²) < 4.78 is 18.4. The molecule has 0 aliphatic carbocycles. The third-order valence-corrected chi connectivity index (χ3v) is 2.07. The van der Waals surface area contributed by atoms with Gasteiger partial charge in [-0.15, -0.1) is 0 Å². The lowest BCUT2D eigenvalue weighted by atomic mass is 10.1. The van der Waals surface area contributed by atoms with E-state index in [0.717, 1.165) is 13.0 Å². The first-order valence-electron chi connectivity index (χ1n) is 4.18. The number of nitrogens with zero attached hydrogens (tertiary/aromatic N) is 1. The van der Waals surface area contributed by atoms with Crippen molar-refractivity contribution in [3.63, 3.8) is 0 Å². The van der Waals surface area contributed by atoms with Gasteiger partial charge in [-0.3, -0.25) is 0 Å². The van der Waals surface area contributed by atoms with Gasteiger partial charge in [-0.05, 0) is 20.4 Å². The van der Waals surface area contributed by atoms with E-state index in [1.807, 2.05) is 18.9 Å². The number of halogens is 1. The lowest BCUT2D eigenvalue weighted by Crippen LogP contribution is -2.43. The topological polar surface area (TPSA) is 12.5 Å². The number of ether oxygens (including phenoxy) is 1. The molecule has 2 atom stereocenters. The molecule has 0 spiro atoms. The molecule has 1 aliphatic rings. The molecule has 0 aromatic rings. The molecule has 0 N–H and O–H groups in total. The normalized spacial score (nSPS) is 34.1. The van der Waals surface area contributed by atoms with Crippen molar-refractivity contribution in [2.45, 2.75) is 25.6 Å². The van der Waals surface area contributed by atoms with Crippen molar-refractivity contribution in [1.82, 2.24) is 4.90 Å². The van der Waals surface area contributed by atoms with Crippen LogP contribution in [0.2, 0.25) is 0 Å². The number of hydrogen-bond acceptors (Lipinski definition) is 2. The number of piperidine rings is 1. The summed E-state index contributed by atoms with van der Waals surface area (Å²) >= 11 is 0. The molecule has 1 aliphatic heterocycles. The Kier molecular flexibility index (Phi) is 3.27. The summed E-state index contributed by atoms with van der Waals surface area (Å²) in [5.74, 6) is 0. The van der Waals surface area contributed by atoms with Gasteiger partial charge in [0.1, 0.15) is 6.17 Å². The third kappa shape index (κ3) is 2.42. The maximum Gasteiger partial charge on any atom is 0.139 e. The van der Waals surface area contributed by atoms with E-state index >= 15 is 0 Å². The molecule has 0 unspecified atom stereocenters. The number of rotatable bonds is 2. The third-order valence-electron chi connectivity index (χ3n) is 2.07. The fraction of sp³-hybridized carbons (Fsp3) is 1.00. The van der Waals surface area contributed by atoms with Crippen molar-refractivity contribution >= 4 is 0 Å². The molecule has 1 fully saturated rings. The van der Waals surface area contributed by atoms with Gasteiger partial charge in [-0.2, -0.15) is 0 Å². The Hall–Kier alpha value is -0.150. The molecule has 0 saturated carbocycles. The minimum atomic E-state index is -0.798. The van der Waals surface area contributed by atoms with E-state index in [0.29, 0.717) is 13.2 Å². The Morgan fingerprint density at radius 1 is 1.64 bits per heavy atom. The van der Waals surface area contributed by atoms with Crippen LogP contribution in [-0.2, 0) is 4.74 Å². The largest absolute Gasteiger partial charge is 0.375 e. The van der Waals surface area contributed by atoms with E-state index in [1.54, 1.807) is 0 Å². The highest BCUT2D eigenvalue weighted by atomic mass is 19.1. The molecule has 1 heterocycles. The van der Waals surface area contributed by atoms with Crippen molar-refractivity contribution in [1.29, 1.82) is 0 Å². The van der Waals surface area contributed by atoms with Crippen LogP contribution < -0.4 is 0 Å². The number of likely N-dealkylation sites (tertiary alicyclic amines) is 1. The molecule has 1 rings (SSSR count). The smallest absolute Gasteiger partial charge is 0.139 e. The summed E-state index contributed by atoms with van der Waals surface area (Å²) in [6.07, 6.45) is -0.129. The van der Waals surface area contributed by atoms with Crippen molar-refractivity contribution in [3.05, 3.63) is 0 Å². The van der Waals surface area contributed by atoms with Gasteiger partial charge in [0, 0.05) is 19.7 Å². The Bertz CT molecular complexity index is 121. The molecule has 1 saturated heterocycles. The molecule has 0 amide bonds. The van der Waals surface area contributed by atoms with Crippen LogP contribution >= 0.6 is 0 Å². The quantitative estimate of drug-likeness (QED) is 0.600. The molecule has 2 nitrogen and oxygen atoms in total. The molecule has 0 aromatic carbocycles. The van der Waals surface area contributed by atoms with Crippen molar-refractivity contribution in [2.75, 3.05) is 26.7 Å². The van der Waals surface area contributed by atoms with Crippen LogP contribution in [0.4, 0.5) is 4.39 Å². The lowest BCUT2D eigenvalue weighted by Gasteiger charge is -2.31. The summed E-state index contributed by atoms with van der Waals surface area (Å²) in [6, 6.07) is 0. The molecule has 3 heteroatoms. The Balaban J connectivity index is 2.31. The number of alkyl halides is 1. The zero-order chi connectivity index (χ0) is 8.27. The van der Waals surface area contributed by atoms with Crippen LogP contribution in [0.25, 0.3) is 0 Å². The molecule has 66 valence electrons. The van der Waals surface area contributed by atoms with E-state index in [-0.39, 0.29) is 6.10 Å². The van der Waals surface area contributed by atoms with Crippen LogP contribution in [0.1, 0.15) is 13.3 Å². The first-order valence-corrected chi connectivity index (χ1v) is 4.18. The SMILES string of the molecule is CCO[C@@H]1CCN(C)C[C@@H]1F. The average molecular weight is 161 g/mol. The van der Waals surface area contributed by atoms with Gasteiger partial charge in [0.15, 0.2) is 0 Å². The standard InChI is InChI=1S/C8H16FNO/c1-3-11-8-4-5-10(2)6-7(8)9/h7-8H,3-6H2,1-2H3/t7-,8+/m0/s1. The molecule has 0 radical (unpaired) electrons. The second-order valence-corrected chi connectivity index (χ2v) is 3.06. The molecular weight excluding hydrogens is 145 g/mol. The number of hydrogen-bond donors (Lipinski definition) is 0. The fourth-order valence-corrected chi connectivity index (χ4v) is 1.44. The average Bonchev–Trinajstić information content (AvgIpc) is 1.95. The fourth-order valence-electron chi connectivity index (χ4n) is 1.44. The predicted molar refractivity (Wildman–Crippen MR) is 42.4 cm³/mol. The van der Waals surface area contributed by atoms with Crippen molar-refractivity contribution in [2.24, 2.45) is 0 Å². The van der Waals surface area contributed by atoms with Gasteiger partial charge in [-0.25, -0.2) is 4.39 Å². The maximum absolute atomic E-state index is 13.1. The van der Waals surface area contributed by atoms with Crippen LogP contribution in [0.5, 0.6) is 0 Å². The highest BCUT2D eigenvalue weighted by Gasteiger charge is 2.27. The second kappa shape index (κ2) is 4.02. The van der Waals surface area contributed by atoms with E-state index < -0.39 is 6.17 Å². The Morgan fingerprint density at radius 3 is 2.91 bits per heavy atom. The maximum atomic E-state index is 13.1. The Morgan fingerprint density at radius 2 is 2.36 bits per heavy atom. The lowest BCUT2D eigenvalue weighted by molar-refractivity contribution is -0.0361. The predicted octanol–water partition coefficient (Wildman–Crippen LogP) is 1.07. The van der Waals surface area contributed by atoms with Crippen molar-refractivity contribution in [3.8, 4) is 0 Å². The summed E-state index contributed by atoms with van der Waals surface area (Å²) in [5, 5.41) is 0. The highest BCUT2D eigenvalue weighted by molar-refractivity contribution is 4.79. The molecule has 11 heavy (non-hydrogen) atoms. The minimum absolute atomic E-state index is 0.156. The zero-order valence-corrected chi connectivity index (χ0v) is 7.22. The zero-order valence-electron chi connectivity index (χ0n) is 7.22. The summed E-state index contributed by atoms with van der Waals surface area (Å²) in [6.45, 7) is 4.00. The first kappa shape index (κ1) is 8.94. The summed E-state index contributed by atoms with van der Waals surface area (Å²) in [4.78, 5) is 2.00. The monoisotopic (exact) mass is 161 g/mol. The highest BCUT2D eigenvalue weighted by Crippen LogP contribution is 2.15. The second-order valence-electron chi connectivity index (χ2n) is 3.06. The van der Waals surface area contributed by atoms with Gasteiger partial charge in [-0.1, -0.05) is 0 Å². The van der Waals surface area contributed by atoms with E-state index in [4.69, 9.17) is 4.74 Å². The summed E-state index contributed by atoms with van der Waals surface area (Å²) in [5.41, 5.74) is 0. The molecule has 0 bridgehead atoms. The van der Waals surface area contributed by atoms with Gasteiger partial charge in [0.2, 0.25) is 0 Å². The van der Waals surface area contributed by atoms with Crippen LogP contribution in [0.15, 0.2) is 0 Å². The van der Waals surface area contributed by atoms with Gasteiger partial charge >= 0.3 is 0 Å². The van der Waals surface area contributed by atoms with Gasteiger partial charge in [0.05, 0.1) is 6.10 Å². The van der Waals surface area contributed by atoms with Crippen LogP contribution in [-0.4, -0.2) is 43.9 Å². The van der Waals surface area contributed by atoms with Gasteiger partial charge < -0.3 is 9.64 Å². The van der Waals surface area contributed by atoms with E-state index in [2.05, 4.69) is 0 Å². The molecule has 0 aromatic heterocycles. The van der Waals surface area contributed by atoms with E-state index in [9.17, 15) is 4.39 Å². The Labute approximate surface area is 67.3 Å². The molecular formula is C8H16FNO.